The maximum absolute atomic E-state index is 13.5. The molecule has 0 aromatic heterocycles. The Hall–Kier alpha value is -1.03. The van der Waals surface area contributed by atoms with Gasteiger partial charge in [-0.25, -0.2) is 8.78 Å². The summed E-state index contributed by atoms with van der Waals surface area (Å²) in [6.45, 7) is 0.136. The third-order valence-electron chi connectivity index (χ3n) is 2.47. The molecule has 0 fully saturated rings. The van der Waals surface area contributed by atoms with Crippen LogP contribution in [-0.2, 0) is 6.54 Å². The molecule has 0 spiro atoms. The van der Waals surface area contributed by atoms with Gasteiger partial charge < -0.3 is 5.32 Å². The smallest absolute Gasteiger partial charge is 0.128 e. The first-order chi connectivity index (χ1) is 8.97. The lowest BCUT2D eigenvalue weighted by Gasteiger charge is -2.11. The van der Waals surface area contributed by atoms with E-state index in [1.54, 1.807) is 0 Å². The van der Waals surface area contributed by atoms with Gasteiger partial charge in [-0.1, -0.05) is 34.8 Å². The van der Waals surface area contributed by atoms with Gasteiger partial charge in [-0.2, -0.15) is 0 Å². The maximum atomic E-state index is 13.5. The minimum atomic E-state index is -0.533. The number of hydrogen-bond donors (Lipinski definition) is 1. The molecule has 2 rings (SSSR count). The Morgan fingerprint density at radius 3 is 2.21 bits per heavy atom. The summed E-state index contributed by atoms with van der Waals surface area (Å²) < 4.78 is 26.5. The van der Waals surface area contributed by atoms with Gasteiger partial charge in [-0.15, -0.1) is 0 Å². The summed E-state index contributed by atoms with van der Waals surface area (Å²) >= 11 is 17.5. The Bertz CT molecular complexity index is 594. The molecule has 2 aromatic rings. The van der Waals surface area contributed by atoms with Gasteiger partial charge >= 0.3 is 0 Å². The molecule has 0 saturated heterocycles. The highest BCUT2D eigenvalue weighted by molar-refractivity contribution is 6.39. The van der Waals surface area contributed by atoms with E-state index in [2.05, 4.69) is 5.32 Å². The molecule has 0 heterocycles. The van der Waals surface area contributed by atoms with Crippen LogP contribution in [0.1, 0.15) is 5.56 Å². The van der Waals surface area contributed by atoms with Crippen LogP contribution in [0, 0.1) is 11.6 Å². The molecule has 6 heteroatoms. The number of halogens is 5. The van der Waals surface area contributed by atoms with Crippen molar-refractivity contribution in [1.82, 2.24) is 0 Å². The van der Waals surface area contributed by atoms with Crippen molar-refractivity contribution in [3.05, 3.63) is 62.6 Å². The molecule has 0 amide bonds. The second-order valence-corrected chi connectivity index (χ2v) is 5.08. The van der Waals surface area contributed by atoms with Gasteiger partial charge in [0.15, 0.2) is 0 Å². The van der Waals surface area contributed by atoms with Gasteiger partial charge in [0, 0.05) is 17.1 Å². The Morgan fingerprint density at radius 2 is 1.58 bits per heavy atom. The van der Waals surface area contributed by atoms with E-state index in [-0.39, 0.29) is 16.6 Å². The van der Waals surface area contributed by atoms with Crippen LogP contribution >= 0.6 is 34.8 Å². The SMILES string of the molecule is Fc1cc(Cl)c(NCc2cc(Cl)ccc2F)c(Cl)c1. The molecule has 0 aliphatic rings. The molecule has 1 N–H and O–H groups in total. The predicted octanol–water partition coefficient (Wildman–Crippen LogP) is 5.54. The summed E-state index contributed by atoms with van der Waals surface area (Å²) in [5.74, 6) is -0.930. The van der Waals surface area contributed by atoms with Gasteiger partial charge in [0.2, 0.25) is 0 Å². The minimum absolute atomic E-state index is 0.132. The average molecular weight is 323 g/mol. The lowest BCUT2D eigenvalue weighted by molar-refractivity contribution is 0.613. The van der Waals surface area contributed by atoms with Gasteiger partial charge in [0.05, 0.1) is 15.7 Å². The first kappa shape index (κ1) is 14.4. The number of anilines is 1. The molecular formula is C13H8Cl3F2N. The Morgan fingerprint density at radius 1 is 0.947 bits per heavy atom. The normalized spacial score (nSPS) is 10.6. The number of nitrogens with one attached hydrogen (secondary N) is 1. The second kappa shape index (κ2) is 5.95. The molecule has 0 aliphatic carbocycles. The zero-order chi connectivity index (χ0) is 14.0. The van der Waals surface area contributed by atoms with E-state index in [9.17, 15) is 8.78 Å². The topological polar surface area (TPSA) is 12.0 Å². The Balaban J connectivity index is 2.21. The van der Waals surface area contributed by atoms with E-state index >= 15 is 0 Å². The lowest BCUT2D eigenvalue weighted by atomic mass is 10.2. The summed E-state index contributed by atoms with van der Waals surface area (Å²) in [6.07, 6.45) is 0. The fourth-order valence-corrected chi connectivity index (χ4v) is 2.36. The summed E-state index contributed by atoms with van der Waals surface area (Å²) in [4.78, 5) is 0. The third kappa shape index (κ3) is 3.50. The fraction of sp³-hybridized carbons (Fsp3) is 0.0769. The van der Waals surface area contributed by atoms with E-state index in [1.807, 2.05) is 0 Å². The second-order valence-electron chi connectivity index (χ2n) is 3.83. The molecular weight excluding hydrogens is 315 g/mol. The van der Waals surface area contributed by atoms with Crippen LogP contribution in [0.4, 0.5) is 14.5 Å². The van der Waals surface area contributed by atoms with Crippen LogP contribution in [0.2, 0.25) is 15.1 Å². The quantitative estimate of drug-likeness (QED) is 0.782. The Kier molecular flexibility index (Phi) is 4.50. The molecule has 0 unspecified atom stereocenters. The van der Waals surface area contributed by atoms with Gasteiger partial charge in [-0.05, 0) is 30.3 Å². The van der Waals surface area contributed by atoms with Crippen molar-refractivity contribution in [2.24, 2.45) is 0 Å². The van der Waals surface area contributed by atoms with Crippen LogP contribution in [0.3, 0.4) is 0 Å². The standard InChI is InChI=1S/C13H8Cl3F2N/c14-8-1-2-12(18)7(3-8)6-19-13-10(15)4-9(17)5-11(13)16/h1-5,19H,6H2. The van der Waals surface area contributed by atoms with Crippen molar-refractivity contribution < 1.29 is 8.78 Å². The summed E-state index contributed by atoms with van der Waals surface area (Å²) in [5, 5.41) is 3.55. The first-order valence-corrected chi connectivity index (χ1v) is 6.43. The molecule has 0 bridgehead atoms. The van der Waals surface area contributed by atoms with Gasteiger partial charge in [0.25, 0.3) is 0 Å². The van der Waals surface area contributed by atoms with Crippen LogP contribution in [0.5, 0.6) is 0 Å². The van der Waals surface area contributed by atoms with E-state index in [0.29, 0.717) is 16.3 Å². The van der Waals surface area contributed by atoms with Gasteiger partial charge in [0.1, 0.15) is 11.6 Å². The minimum Gasteiger partial charge on any atom is -0.378 e. The van der Waals surface area contributed by atoms with Crippen LogP contribution < -0.4 is 5.32 Å². The zero-order valence-corrected chi connectivity index (χ0v) is 11.8. The summed E-state index contributed by atoms with van der Waals surface area (Å²) in [6, 6.07) is 6.48. The van der Waals surface area contributed by atoms with E-state index in [1.165, 1.54) is 18.2 Å². The average Bonchev–Trinajstić information content (AvgIpc) is 2.32. The molecule has 0 aliphatic heterocycles. The fourth-order valence-electron chi connectivity index (χ4n) is 1.57. The van der Waals surface area contributed by atoms with Gasteiger partial charge in [-0.3, -0.25) is 0 Å². The highest BCUT2D eigenvalue weighted by Gasteiger charge is 2.09. The van der Waals surface area contributed by atoms with Crippen molar-refractivity contribution in [3.63, 3.8) is 0 Å². The zero-order valence-electron chi connectivity index (χ0n) is 9.48. The molecule has 0 saturated carbocycles. The monoisotopic (exact) mass is 321 g/mol. The lowest BCUT2D eigenvalue weighted by Crippen LogP contribution is -2.03. The van der Waals surface area contributed by atoms with E-state index in [4.69, 9.17) is 34.8 Å². The van der Waals surface area contributed by atoms with Crippen molar-refractivity contribution in [2.75, 3.05) is 5.32 Å². The number of benzene rings is 2. The first-order valence-electron chi connectivity index (χ1n) is 5.29. The molecule has 1 nitrogen and oxygen atoms in total. The number of hydrogen-bond acceptors (Lipinski definition) is 1. The molecule has 100 valence electrons. The van der Waals surface area contributed by atoms with Crippen LogP contribution in [-0.4, -0.2) is 0 Å². The van der Waals surface area contributed by atoms with Crippen molar-refractivity contribution in [2.45, 2.75) is 6.54 Å². The molecule has 19 heavy (non-hydrogen) atoms. The highest BCUT2D eigenvalue weighted by Crippen LogP contribution is 2.32. The van der Waals surface area contributed by atoms with E-state index < -0.39 is 11.6 Å². The molecule has 2 aromatic carbocycles. The van der Waals surface area contributed by atoms with Crippen LogP contribution in [0.25, 0.3) is 0 Å². The molecule has 0 atom stereocenters. The van der Waals surface area contributed by atoms with E-state index in [0.717, 1.165) is 12.1 Å². The molecule has 0 radical (unpaired) electrons. The predicted molar refractivity (Wildman–Crippen MR) is 75.2 cm³/mol. The van der Waals surface area contributed by atoms with Crippen molar-refractivity contribution >= 4 is 40.5 Å². The van der Waals surface area contributed by atoms with Crippen LogP contribution in [0.15, 0.2) is 30.3 Å². The largest absolute Gasteiger partial charge is 0.378 e. The van der Waals surface area contributed by atoms with Crippen molar-refractivity contribution in [3.8, 4) is 0 Å². The number of rotatable bonds is 3. The Labute approximate surface area is 124 Å². The maximum Gasteiger partial charge on any atom is 0.128 e. The summed E-state index contributed by atoms with van der Waals surface area (Å²) in [5.41, 5.74) is 0.716. The van der Waals surface area contributed by atoms with Crippen molar-refractivity contribution in [1.29, 1.82) is 0 Å². The summed E-state index contributed by atoms with van der Waals surface area (Å²) in [7, 11) is 0. The highest BCUT2D eigenvalue weighted by atomic mass is 35.5. The third-order valence-corrected chi connectivity index (χ3v) is 3.30.